The van der Waals surface area contributed by atoms with Crippen LogP contribution in [0.3, 0.4) is 0 Å². The van der Waals surface area contributed by atoms with Crippen LogP contribution in [0.15, 0.2) is 134 Å². The first-order valence-corrected chi connectivity index (χ1v) is 49.0. The third-order valence-electron chi connectivity index (χ3n) is 22.9. The van der Waals surface area contributed by atoms with Crippen molar-refractivity contribution < 1.29 is 46.8 Å². The molecule has 35 heteroatoms. The molecular formula is C86H113Cl3N19O10P3. The monoisotopic (exact) mass is 1770 g/mol. The number of benzene rings is 6. The summed E-state index contributed by atoms with van der Waals surface area (Å²) in [5.74, 6) is 5.41. The molecule has 6 aromatic carbocycles. The summed E-state index contributed by atoms with van der Waals surface area (Å²) in [6, 6.07) is 37.9. The summed E-state index contributed by atoms with van der Waals surface area (Å²) in [6.45, 7) is 25.0. The van der Waals surface area contributed by atoms with Crippen LogP contribution in [0.1, 0.15) is 51.0 Å². The van der Waals surface area contributed by atoms with Crippen molar-refractivity contribution in [2.24, 2.45) is 5.92 Å². The highest BCUT2D eigenvalue weighted by Crippen LogP contribution is 2.50. The zero-order valence-electron chi connectivity index (χ0n) is 70.8. The summed E-state index contributed by atoms with van der Waals surface area (Å²) in [5, 5.41) is 31.8. The van der Waals surface area contributed by atoms with Gasteiger partial charge in [0.25, 0.3) is 0 Å². The second-order valence-electron chi connectivity index (χ2n) is 31.7. The number of hydrogen-bond acceptors (Lipinski definition) is 29. The molecule has 121 heavy (non-hydrogen) atoms. The molecular weight excluding hydrogens is 1660 g/mol. The van der Waals surface area contributed by atoms with Gasteiger partial charge in [0.2, 0.25) is 17.8 Å². The number of piperazine rings is 2. The first kappa shape index (κ1) is 90.0. The molecule has 1 unspecified atom stereocenters. The van der Waals surface area contributed by atoms with Gasteiger partial charge < -0.3 is 98.6 Å². The van der Waals surface area contributed by atoms with Gasteiger partial charge in [-0.15, -0.1) is 0 Å². The van der Waals surface area contributed by atoms with Crippen molar-refractivity contribution in [1.82, 2.24) is 49.5 Å². The van der Waals surface area contributed by atoms with E-state index in [9.17, 15) is 18.8 Å². The van der Waals surface area contributed by atoms with Gasteiger partial charge in [0.15, 0.2) is 17.5 Å². The third kappa shape index (κ3) is 22.8. The molecule has 0 radical (unpaired) electrons. The van der Waals surface area contributed by atoms with Gasteiger partial charge in [-0.25, -0.2) is 15.0 Å². The topological polar surface area (TPSA) is 299 Å². The van der Waals surface area contributed by atoms with Crippen molar-refractivity contribution in [3.8, 4) is 23.0 Å². The Kier molecular flexibility index (Phi) is 30.6. The van der Waals surface area contributed by atoms with E-state index >= 15 is 0 Å². The summed E-state index contributed by atoms with van der Waals surface area (Å²) < 4.78 is 72.7. The van der Waals surface area contributed by atoms with Gasteiger partial charge in [-0.1, -0.05) is 59.1 Å². The molecule has 9 aromatic rings. The maximum absolute atomic E-state index is 13.3. The van der Waals surface area contributed by atoms with Crippen molar-refractivity contribution in [3.05, 3.63) is 154 Å². The zero-order valence-corrected chi connectivity index (χ0v) is 75.8. The number of piperidine rings is 3. The lowest BCUT2D eigenvalue weighted by atomic mass is 9.97. The average Bonchev–Trinajstić information content (AvgIpc) is 1.71. The molecule has 6 aliphatic heterocycles. The van der Waals surface area contributed by atoms with Crippen LogP contribution in [0.4, 0.5) is 86.5 Å². The quantitative estimate of drug-likeness (QED) is 0.0235. The molecule has 0 saturated carbocycles. The van der Waals surface area contributed by atoms with E-state index < -0.39 is 21.9 Å². The minimum atomic E-state index is -3.54. The second kappa shape index (κ2) is 41.2. The third-order valence-corrected chi connectivity index (χ3v) is 28.9. The van der Waals surface area contributed by atoms with Crippen LogP contribution in [0.25, 0.3) is 0 Å². The van der Waals surface area contributed by atoms with E-state index in [1.54, 1.807) is 79.3 Å². The predicted molar refractivity (Wildman–Crippen MR) is 493 cm³/mol. The van der Waals surface area contributed by atoms with Gasteiger partial charge in [0, 0.05) is 175 Å². The Balaban J connectivity index is 0.000000158. The van der Waals surface area contributed by atoms with Gasteiger partial charge in [-0.3, -0.25) is 14.4 Å². The van der Waals surface area contributed by atoms with E-state index in [1.807, 2.05) is 72.8 Å². The molecule has 648 valence electrons. The molecule has 6 aliphatic rings. The molecule has 9 heterocycles. The SMILES string of the molecule is CCOP(=O)(OC)c1ccccc1Nc1nc(Nc2ccc(N3CCC(N4CCN(C)CC4)CC3)cc2OC)ncc1Cl.COc1cc(N2CCC(CO)CC2)ccc1Nc1ncc(Cl)c(Nc2ccccc2P(C)(C)=O)n1.COc1cc(N2CCC(N3CCN(C)CC3)CC2)ccc1Nc1ncc(Cl)c(Nc2ccc(P(C)(C)=O)c3c2OCC3)n1. The van der Waals surface area contributed by atoms with Crippen molar-refractivity contribution in [2.75, 3.05) is 227 Å². The Labute approximate surface area is 725 Å². The number of aromatic nitrogens is 6. The van der Waals surface area contributed by atoms with Crippen LogP contribution in [-0.2, 0) is 29.2 Å². The Morgan fingerprint density at radius 2 is 0.826 bits per heavy atom. The molecule has 5 saturated heterocycles. The number of rotatable bonds is 27. The lowest BCUT2D eigenvalue weighted by Crippen LogP contribution is -2.52. The minimum absolute atomic E-state index is 0.233. The van der Waals surface area contributed by atoms with Crippen LogP contribution >= 0.6 is 56.7 Å². The number of fused-ring (bicyclic) bond motifs is 1. The molecule has 29 nitrogen and oxygen atoms in total. The number of anilines is 15. The highest BCUT2D eigenvalue weighted by atomic mass is 35.5. The Morgan fingerprint density at radius 1 is 0.455 bits per heavy atom. The first-order valence-electron chi connectivity index (χ1n) is 41.1. The fourth-order valence-electron chi connectivity index (χ4n) is 16.1. The average molecular weight is 1770 g/mol. The van der Waals surface area contributed by atoms with Gasteiger partial charge in [-0.2, -0.15) is 15.0 Å². The molecule has 3 aromatic heterocycles. The smallest absolute Gasteiger partial charge is 0.363 e. The Bertz CT molecular complexity index is 5180. The largest absolute Gasteiger partial charge is 0.494 e. The fourth-order valence-corrected chi connectivity index (χ4v) is 20.4. The minimum Gasteiger partial charge on any atom is -0.494 e. The molecule has 0 bridgehead atoms. The summed E-state index contributed by atoms with van der Waals surface area (Å²) in [4.78, 5) is 44.2. The molecule has 5 fully saturated rings. The van der Waals surface area contributed by atoms with E-state index in [2.05, 4.69) is 134 Å². The highest BCUT2D eigenvalue weighted by molar-refractivity contribution is 7.70. The number of hydrogen-bond donors (Lipinski definition) is 7. The summed E-state index contributed by atoms with van der Waals surface area (Å²) >= 11 is 19.3. The number of halogens is 3. The normalized spacial score (nSPS) is 17.2. The van der Waals surface area contributed by atoms with Crippen molar-refractivity contribution in [1.29, 1.82) is 0 Å². The van der Waals surface area contributed by atoms with Crippen molar-refractivity contribution in [3.63, 3.8) is 0 Å². The number of aliphatic hydroxyl groups is 1. The summed E-state index contributed by atoms with van der Waals surface area (Å²) in [7, 11) is 2.25. The lowest BCUT2D eigenvalue weighted by Gasteiger charge is -2.42. The van der Waals surface area contributed by atoms with E-state index in [4.69, 9.17) is 62.8 Å². The Hall–Kier alpha value is -8.76. The van der Waals surface area contributed by atoms with E-state index in [-0.39, 0.29) is 13.2 Å². The van der Waals surface area contributed by atoms with Gasteiger partial charge >= 0.3 is 7.60 Å². The van der Waals surface area contributed by atoms with E-state index in [0.29, 0.717) is 109 Å². The van der Waals surface area contributed by atoms with E-state index in [0.717, 1.165) is 172 Å². The summed E-state index contributed by atoms with van der Waals surface area (Å²) in [5.41, 5.74) is 8.49. The number of para-hydroxylation sites is 2. The van der Waals surface area contributed by atoms with Crippen LogP contribution < -0.4 is 81.5 Å². The van der Waals surface area contributed by atoms with Crippen LogP contribution in [-0.4, -0.2) is 247 Å². The van der Waals surface area contributed by atoms with Crippen molar-refractivity contribution in [2.45, 2.75) is 64.0 Å². The van der Waals surface area contributed by atoms with Crippen LogP contribution in [0, 0.1) is 5.92 Å². The number of ether oxygens (including phenoxy) is 4. The summed E-state index contributed by atoms with van der Waals surface area (Å²) in [6.07, 6.45) is 11.9. The van der Waals surface area contributed by atoms with Crippen molar-refractivity contribution >= 4 is 159 Å². The zero-order chi connectivity index (χ0) is 85.5. The number of methoxy groups -OCH3 is 3. The molecule has 0 amide bonds. The standard InChI is InChI=1S/C31H41ClN7O3P.C30H41ClN7O4P.C25H31ClN5O3P/c1-37-14-16-39(17-15-37)21-9-12-38(13-10-21)22-5-6-25(27(19-22)41-2)35-31-33-20-24(32)30(36-31)34-26-7-8-28(43(3,4)40)23-11-18-42-29(23)26;1-5-42-43(39,41-4)28-9-7-6-8-26(28)33-29-24(31)21-32-30(35-29)34-25-11-10-23(20-27(25)40-3)37-14-12-22(13-15-37)38-18-16-36(2)17-19-38;1-34-22-14-18(31-12-10-17(16-32)11-13-31)8-9-20(22)29-25-27-15-19(26)24(30-25)28-21-6-4-5-7-23(21)35(2,3)33/h5-8,19-21H,9-18H2,1-4H3,(H2,33,34,35,36);6-11,20-22H,5,12-19H2,1-4H3,(H2,32,33,34,35);4-9,14-15,17,32H,10-13,16H2,1-3H3,(H2,27,28,29,30). The van der Waals surface area contributed by atoms with Gasteiger partial charge in [-0.05, 0) is 165 Å². The van der Waals surface area contributed by atoms with Gasteiger partial charge in [0.05, 0.1) is 92.6 Å². The number of likely N-dealkylation sites (N-methyl/N-ethyl adjacent to an activating group) is 2. The second-order valence-corrected chi connectivity index (χ2v) is 41.4. The Morgan fingerprint density at radius 3 is 1.21 bits per heavy atom. The van der Waals surface area contributed by atoms with Crippen LogP contribution in [0.2, 0.25) is 15.1 Å². The van der Waals surface area contributed by atoms with Gasteiger partial charge in [0.1, 0.15) is 52.3 Å². The van der Waals surface area contributed by atoms with Crippen LogP contribution in [0.5, 0.6) is 23.0 Å². The molecule has 0 aliphatic carbocycles. The molecule has 1 atom stereocenters. The lowest BCUT2D eigenvalue weighted by molar-refractivity contribution is 0.0982. The number of aliphatic hydroxyl groups excluding tert-OH is 1. The highest BCUT2D eigenvalue weighted by Gasteiger charge is 2.33. The molecule has 7 N–H and O–H groups in total. The number of nitrogens with one attached hydrogen (secondary N) is 6. The predicted octanol–water partition coefficient (Wildman–Crippen LogP) is 15.5. The van der Waals surface area contributed by atoms with E-state index in [1.165, 1.54) is 45.4 Å². The fraction of sp³-hybridized carbons (Fsp3) is 0.442. The first-order chi connectivity index (χ1) is 58.3. The maximum atomic E-state index is 13.3. The maximum Gasteiger partial charge on any atom is 0.363 e. The number of nitrogens with zero attached hydrogens (tertiary/aromatic N) is 13. The molecule has 15 rings (SSSR count). The molecule has 0 spiro atoms.